The van der Waals surface area contributed by atoms with Gasteiger partial charge in [-0.05, 0) is 38.7 Å². The second-order valence-corrected chi connectivity index (χ2v) is 7.83. The molecule has 0 aliphatic heterocycles. The van der Waals surface area contributed by atoms with Crippen LogP contribution < -0.4 is 10.9 Å². The molecule has 2 aliphatic rings. The minimum Gasteiger partial charge on any atom is -0.465 e. The summed E-state index contributed by atoms with van der Waals surface area (Å²) < 4.78 is 6.28. The number of anilines is 1. The van der Waals surface area contributed by atoms with Crippen molar-refractivity contribution in [2.45, 2.75) is 51.0 Å². The summed E-state index contributed by atoms with van der Waals surface area (Å²) in [5, 5.41) is 7.44. The summed E-state index contributed by atoms with van der Waals surface area (Å²) in [4.78, 5) is 41.7. The number of fused-ring (bicyclic) bond motifs is 1. The molecule has 27 heavy (non-hydrogen) atoms. The fourth-order valence-electron chi connectivity index (χ4n) is 3.22. The van der Waals surface area contributed by atoms with E-state index >= 15 is 0 Å². The molecule has 2 heterocycles. The van der Waals surface area contributed by atoms with E-state index in [-0.39, 0.29) is 29.9 Å². The highest BCUT2D eigenvalue weighted by Gasteiger charge is 2.34. The van der Waals surface area contributed by atoms with Crippen LogP contribution in [0.2, 0.25) is 0 Å². The van der Waals surface area contributed by atoms with Crippen molar-refractivity contribution in [3.8, 4) is 0 Å². The average Bonchev–Trinajstić information content (AvgIpc) is 3.29. The minimum atomic E-state index is -0.363. The topological polar surface area (TPSA) is 103 Å². The van der Waals surface area contributed by atoms with E-state index in [0.717, 1.165) is 29.8 Å². The maximum absolute atomic E-state index is 12.3. The molecule has 0 saturated heterocycles. The van der Waals surface area contributed by atoms with Crippen LogP contribution in [-0.2, 0) is 27.3 Å². The van der Waals surface area contributed by atoms with Crippen LogP contribution in [0, 0.1) is 0 Å². The van der Waals surface area contributed by atoms with Crippen LogP contribution in [0.15, 0.2) is 16.9 Å². The Morgan fingerprint density at radius 2 is 2.15 bits per heavy atom. The van der Waals surface area contributed by atoms with Crippen LogP contribution in [0.25, 0.3) is 0 Å². The SMILES string of the molecule is CCOC(=O)C1CCc2sc(NC(=O)Cn3nc(C4CC4)ccc3=O)nc21. The summed E-state index contributed by atoms with van der Waals surface area (Å²) in [7, 11) is 0. The monoisotopic (exact) mass is 388 g/mol. The second-order valence-electron chi connectivity index (χ2n) is 6.75. The van der Waals surface area contributed by atoms with Crippen LogP contribution in [0.4, 0.5) is 5.13 Å². The van der Waals surface area contributed by atoms with Crippen molar-refractivity contribution < 1.29 is 14.3 Å². The Hall–Kier alpha value is -2.55. The lowest BCUT2D eigenvalue weighted by Gasteiger charge is -2.08. The van der Waals surface area contributed by atoms with Gasteiger partial charge in [0, 0.05) is 16.9 Å². The summed E-state index contributed by atoms with van der Waals surface area (Å²) >= 11 is 1.36. The summed E-state index contributed by atoms with van der Waals surface area (Å²) in [5.41, 5.74) is 1.24. The number of carbonyl (C=O) groups is 2. The van der Waals surface area contributed by atoms with Crippen molar-refractivity contribution in [1.82, 2.24) is 14.8 Å². The Bertz CT molecular complexity index is 947. The first-order chi connectivity index (χ1) is 13.0. The molecule has 1 amide bonds. The number of rotatable bonds is 6. The molecule has 8 nitrogen and oxygen atoms in total. The largest absolute Gasteiger partial charge is 0.465 e. The van der Waals surface area contributed by atoms with Crippen molar-refractivity contribution in [2.24, 2.45) is 0 Å². The van der Waals surface area contributed by atoms with Crippen molar-refractivity contribution in [2.75, 3.05) is 11.9 Å². The molecule has 142 valence electrons. The molecule has 2 aromatic heterocycles. The highest BCUT2D eigenvalue weighted by Crippen LogP contribution is 2.39. The van der Waals surface area contributed by atoms with E-state index in [9.17, 15) is 14.4 Å². The number of nitrogens with one attached hydrogen (secondary N) is 1. The number of aryl methyl sites for hydroxylation is 1. The molecule has 0 bridgehead atoms. The van der Waals surface area contributed by atoms with Crippen molar-refractivity contribution >= 4 is 28.3 Å². The molecule has 0 spiro atoms. The summed E-state index contributed by atoms with van der Waals surface area (Å²) in [6, 6.07) is 3.19. The zero-order chi connectivity index (χ0) is 19.0. The molecule has 2 aromatic rings. The fourth-order valence-corrected chi connectivity index (χ4v) is 4.28. The number of hydrogen-bond acceptors (Lipinski definition) is 7. The van der Waals surface area contributed by atoms with E-state index in [1.54, 1.807) is 13.0 Å². The van der Waals surface area contributed by atoms with Gasteiger partial charge in [-0.15, -0.1) is 11.3 Å². The van der Waals surface area contributed by atoms with Gasteiger partial charge in [-0.1, -0.05) is 0 Å². The molecule has 2 aliphatic carbocycles. The smallest absolute Gasteiger partial charge is 0.315 e. The van der Waals surface area contributed by atoms with Gasteiger partial charge in [0.2, 0.25) is 5.91 Å². The first-order valence-electron chi connectivity index (χ1n) is 9.09. The number of hydrogen-bond donors (Lipinski definition) is 1. The molecule has 1 atom stereocenters. The molecule has 1 unspecified atom stereocenters. The Kier molecular flexibility index (Phi) is 4.77. The third kappa shape index (κ3) is 3.78. The highest BCUT2D eigenvalue weighted by molar-refractivity contribution is 7.16. The van der Waals surface area contributed by atoms with Crippen molar-refractivity contribution in [3.05, 3.63) is 38.8 Å². The van der Waals surface area contributed by atoms with E-state index in [1.807, 2.05) is 0 Å². The Morgan fingerprint density at radius 1 is 1.33 bits per heavy atom. The molecular formula is C18H20N4O4S. The quantitative estimate of drug-likeness (QED) is 0.757. The zero-order valence-electron chi connectivity index (χ0n) is 14.9. The summed E-state index contributed by atoms with van der Waals surface area (Å²) in [6.45, 7) is 1.94. The molecule has 9 heteroatoms. The van der Waals surface area contributed by atoms with Crippen molar-refractivity contribution in [1.29, 1.82) is 0 Å². The van der Waals surface area contributed by atoms with Gasteiger partial charge in [0.05, 0.1) is 18.0 Å². The maximum Gasteiger partial charge on any atom is 0.315 e. The Morgan fingerprint density at radius 3 is 2.89 bits per heavy atom. The lowest BCUT2D eigenvalue weighted by molar-refractivity contribution is -0.145. The third-order valence-electron chi connectivity index (χ3n) is 4.71. The number of carbonyl (C=O) groups excluding carboxylic acids is 2. The normalized spacial score (nSPS) is 18.2. The molecule has 1 saturated carbocycles. The number of thiazole rings is 1. The summed E-state index contributed by atoms with van der Waals surface area (Å²) in [5.74, 6) is -0.590. The van der Waals surface area contributed by atoms with Gasteiger partial charge in [-0.2, -0.15) is 5.10 Å². The molecular weight excluding hydrogens is 368 g/mol. The van der Waals surface area contributed by atoms with Crippen molar-refractivity contribution in [3.63, 3.8) is 0 Å². The lowest BCUT2D eigenvalue weighted by Crippen LogP contribution is -2.29. The van der Waals surface area contributed by atoms with Gasteiger partial charge in [-0.3, -0.25) is 14.4 Å². The predicted octanol–water partition coefficient (Wildman–Crippen LogP) is 1.81. The molecule has 1 fully saturated rings. The molecule has 1 N–H and O–H groups in total. The highest BCUT2D eigenvalue weighted by atomic mass is 32.1. The number of aromatic nitrogens is 3. The van der Waals surface area contributed by atoms with E-state index < -0.39 is 0 Å². The minimum absolute atomic E-state index is 0.162. The number of amides is 1. The molecule has 0 radical (unpaired) electrons. The fraction of sp³-hybridized carbons (Fsp3) is 0.500. The van der Waals surface area contributed by atoms with Crippen LogP contribution in [0.3, 0.4) is 0 Å². The molecule has 4 rings (SSSR count). The Labute approximate surface area is 159 Å². The maximum atomic E-state index is 12.3. The second kappa shape index (κ2) is 7.22. The van der Waals surface area contributed by atoms with Gasteiger partial charge in [0.15, 0.2) is 5.13 Å². The summed E-state index contributed by atoms with van der Waals surface area (Å²) in [6.07, 6.45) is 3.58. The van der Waals surface area contributed by atoms with E-state index in [0.29, 0.717) is 29.8 Å². The number of nitrogens with zero attached hydrogens (tertiary/aromatic N) is 3. The standard InChI is InChI=1S/C18H20N4O4S/c1-2-26-17(25)11-5-7-13-16(11)20-18(27-13)19-14(23)9-22-15(24)8-6-12(21-22)10-3-4-10/h6,8,10-11H,2-5,7,9H2,1H3,(H,19,20,23). The third-order valence-corrected chi connectivity index (χ3v) is 5.76. The van der Waals surface area contributed by atoms with Gasteiger partial charge < -0.3 is 10.1 Å². The van der Waals surface area contributed by atoms with Crippen LogP contribution in [0.5, 0.6) is 0 Å². The first kappa shape index (κ1) is 17.8. The lowest BCUT2D eigenvalue weighted by atomic mass is 10.1. The predicted molar refractivity (Wildman–Crippen MR) is 98.9 cm³/mol. The van der Waals surface area contributed by atoms with Gasteiger partial charge in [0.1, 0.15) is 12.5 Å². The number of esters is 1. The van der Waals surface area contributed by atoms with E-state index in [2.05, 4.69) is 15.4 Å². The van der Waals surface area contributed by atoms with Crippen LogP contribution >= 0.6 is 11.3 Å². The first-order valence-corrected chi connectivity index (χ1v) is 9.91. The Balaban J connectivity index is 1.44. The number of ether oxygens (including phenoxy) is 1. The molecule has 0 aromatic carbocycles. The average molecular weight is 388 g/mol. The van der Waals surface area contributed by atoms with Crippen LogP contribution in [0.1, 0.15) is 54.3 Å². The van der Waals surface area contributed by atoms with E-state index in [1.165, 1.54) is 22.1 Å². The van der Waals surface area contributed by atoms with Gasteiger partial charge in [0.25, 0.3) is 5.56 Å². The van der Waals surface area contributed by atoms with Crippen LogP contribution in [-0.4, -0.2) is 33.2 Å². The zero-order valence-corrected chi connectivity index (χ0v) is 15.8. The van der Waals surface area contributed by atoms with Gasteiger partial charge >= 0.3 is 5.97 Å². The van der Waals surface area contributed by atoms with Gasteiger partial charge in [-0.25, -0.2) is 9.67 Å². The van der Waals surface area contributed by atoms with E-state index in [4.69, 9.17) is 4.74 Å².